The Morgan fingerprint density at radius 2 is 1.65 bits per heavy atom. The Hall–Kier alpha value is -0.570. The molecule has 0 N–H and O–H groups in total. The van der Waals surface area contributed by atoms with Crippen molar-refractivity contribution in [3.63, 3.8) is 0 Å². The number of hydrogen-bond acceptors (Lipinski definition) is 2. The largest absolute Gasteiger partial charge is 0.298 e. The zero-order valence-corrected chi connectivity index (χ0v) is 14.8. The fourth-order valence-electron chi connectivity index (χ4n) is 5.26. The van der Waals surface area contributed by atoms with Crippen molar-refractivity contribution in [3.8, 4) is 0 Å². The predicted octanol–water partition coefficient (Wildman–Crippen LogP) is 4.57. The molecule has 3 heteroatoms. The zero-order chi connectivity index (χ0) is 15.6. The average Bonchev–Trinajstić information content (AvgIpc) is 3.06. The van der Waals surface area contributed by atoms with Gasteiger partial charge in [0, 0.05) is 36.7 Å². The van der Waals surface area contributed by atoms with Gasteiger partial charge < -0.3 is 0 Å². The first kappa shape index (κ1) is 15.9. The molecule has 0 radical (unpaired) electrons. The third-order valence-electron chi connectivity index (χ3n) is 6.34. The predicted molar refractivity (Wildman–Crippen MR) is 96.8 cm³/mol. The van der Waals surface area contributed by atoms with E-state index in [-0.39, 0.29) is 0 Å². The molecule has 2 saturated heterocycles. The monoisotopic (exact) mass is 332 g/mol. The first-order valence-corrected chi connectivity index (χ1v) is 9.91. The minimum atomic E-state index is 0.780. The van der Waals surface area contributed by atoms with Crippen molar-refractivity contribution in [2.75, 3.05) is 19.6 Å². The Morgan fingerprint density at radius 3 is 2.43 bits per heavy atom. The Kier molecular flexibility index (Phi) is 4.93. The van der Waals surface area contributed by atoms with Crippen LogP contribution in [0.25, 0.3) is 0 Å². The standard InChI is InChI=1S/C20H29ClN2/c21-18-10-8-16(9-11-18)15-23-14-13-22-12-4-7-19(22)20(23)17-5-2-1-3-6-17/h8-11,17,19-20H,1-7,12-15H2/t19-,20-/m1/s1. The molecule has 0 unspecified atom stereocenters. The van der Waals surface area contributed by atoms with Gasteiger partial charge in [-0.2, -0.15) is 0 Å². The van der Waals surface area contributed by atoms with Crippen LogP contribution in [0.5, 0.6) is 0 Å². The third-order valence-corrected chi connectivity index (χ3v) is 6.59. The highest BCUT2D eigenvalue weighted by atomic mass is 35.5. The van der Waals surface area contributed by atoms with Crippen LogP contribution >= 0.6 is 11.6 Å². The molecule has 2 nitrogen and oxygen atoms in total. The number of piperazine rings is 1. The van der Waals surface area contributed by atoms with Gasteiger partial charge in [0.15, 0.2) is 0 Å². The lowest BCUT2D eigenvalue weighted by molar-refractivity contribution is -0.00379. The lowest BCUT2D eigenvalue weighted by Crippen LogP contribution is -2.59. The molecule has 23 heavy (non-hydrogen) atoms. The van der Waals surface area contributed by atoms with E-state index in [1.807, 2.05) is 12.1 Å². The van der Waals surface area contributed by atoms with Crippen molar-refractivity contribution in [1.29, 1.82) is 0 Å². The van der Waals surface area contributed by atoms with E-state index in [9.17, 15) is 0 Å². The smallest absolute Gasteiger partial charge is 0.0406 e. The summed E-state index contributed by atoms with van der Waals surface area (Å²) in [5.41, 5.74) is 1.42. The molecule has 0 amide bonds. The molecule has 2 heterocycles. The van der Waals surface area contributed by atoms with Gasteiger partial charge in [0.05, 0.1) is 0 Å². The maximum Gasteiger partial charge on any atom is 0.0406 e. The van der Waals surface area contributed by atoms with E-state index < -0.39 is 0 Å². The van der Waals surface area contributed by atoms with Crippen molar-refractivity contribution < 1.29 is 0 Å². The number of nitrogens with zero attached hydrogens (tertiary/aromatic N) is 2. The lowest BCUT2D eigenvalue weighted by Gasteiger charge is -2.49. The quantitative estimate of drug-likeness (QED) is 0.800. The van der Waals surface area contributed by atoms with E-state index in [1.54, 1.807) is 0 Å². The molecule has 4 rings (SSSR count). The molecule has 1 saturated carbocycles. The normalized spacial score (nSPS) is 30.5. The summed E-state index contributed by atoms with van der Waals surface area (Å²) >= 11 is 6.06. The van der Waals surface area contributed by atoms with E-state index in [2.05, 4.69) is 21.9 Å². The van der Waals surface area contributed by atoms with Gasteiger partial charge in [-0.1, -0.05) is 43.0 Å². The first-order valence-electron chi connectivity index (χ1n) is 9.54. The second-order valence-corrected chi connectivity index (χ2v) is 8.17. The summed E-state index contributed by atoms with van der Waals surface area (Å²) in [4.78, 5) is 5.60. The van der Waals surface area contributed by atoms with Gasteiger partial charge in [-0.3, -0.25) is 9.80 Å². The second kappa shape index (κ2) is 7.13. The van der Waals surface area contributed by atoms with Crippen LogP contribution in [-0.2, 0) is 6.54 Å². The summed E-state index contributed by atoms with van der Waals surface area (Å²) in [5.74, 6) is 0.918. The van der Waals surface area contributed by atoms with Crippen LogP contribution in [-0.4, -0.2) is 41.5 Å². The van der Waals surface area contributed by atoms with Crippen LogP contribution in [0.1, 0.15) is 50.5 Å². The highest BCUT2D eigenvalue weighted by molar-refractivity contribution is 6.30. The average molecular weight is 333 g/mol. The molecule has 0 aromatic heterocycles. The van der Waals surface area contributed by atoms with Crippen molar-refractivity contribution in [2.24, 2.45) is 5.92 Å². The molecular formula is C20H29ClN2. The van der Waals surface area contributed by atoms with E-state index in [0.29, 0.717) is 0 Å². The number of rotatable bonds is 3. The van der Waals surface area contributed by atoms with Crippen LogP contribution in [0.15, 0.2) is 24.3 Å². The van der Waals surface area contributed by atoms with Crippen molar-refractivity contribution in [2.45, 2.75) is 63.6 Å². The summed E-state index contributed by atoms with van der Waals surface area (Å²) in [6, 6.07) is 10.1. The Balaban J connectivity index is 1.53. The molecule has 1 aromatic carbocycles. The van der Waals surface area contributed by atoms with Crippen LogP contribution in [0, 0.1) is 5.92 Å². The molecule has 3 aliphatic rings. The SMILES string of the molecule is Clc1ccc(CN2CCN3CCC[C@@H]3[C@H]2C2CCCCC2)cc1. The maximum atomic E-state index is 6.06. The summed E-state index contributed by atoms with van der Waals surface area (Å²) in [6.45, 7) is 4.94. The van der Waals surface area contributed by atoms with Crippen molar-refractivity contribution in [1.82, 2.24) is 9.80 Å². The van der Waals surface area contributed by atoms with Crippen molar-refractivity contribution in [3.05, 3.63) is 34.9 Å². The second-order valence-electron chi connectivity index (χ2n) is 7.73. The molecule has 3 fully saturated rings. The molecule has 1 aromatic rings. The number of halogens is 1. The number of hydrogen-bond donors (Lipinski definition) is 0. The van der Waals surface area contributed by atoms with Crippen LogP contribution < -0.4 is 0 Å². The maximum absolute atomic E-state index is 6.06. The van der Waals surface area contributed by atoms with Gasteiger partial charge in [-0.05, 0) is 55.8 Å². The topological polar surface area (TPSA) is 6.48 Å². The number of fused-ring (bicyclic) bond motifs is 1. The van der Waals surface area contributed by atoms with E-state index >= 15 is 0 Å². The first-order chi connectivity index (χ1) is 11.3. The molecule has 2 atom stereocenters. The Labute approximate surface area is 145 Å². The number of benzene rings is 1. The van der Waals surface area contributed by atoms with Gasteiger partial charge in [0.2, 0.25) is 0 Å². The lowest BCUT2D eigenvalue weighted by atomic mass is 9.78. The van der Waals surface area contributed by atoms with Crippen LogP contribution in [0.2, 0.25) is 5.02 Å². The minimum Gasteiger partial charge on any atom is -0.298 e. The highest BCUT2D eigenvalue weighted by Gasteiger charge is 2.42. The minimum absolute atomic E-state index is 0.780. The molecular weight excluding hydrogens is 304 g/mol. The zero-order valence-electron chi connectivity index (χ0n) is 14.1. The Morgan fingerprint density at radius 1 is 0.870 bits per heavy atom. The molecule has 2 aliphatic heterocycles. The van der Waals surface area contributed by atoms with Crippen LogP contribution in [0.3, 0.4) is 0 Å². The molecule has 0 spiro atoms. The van der Waals surface area contributed by atoms with Gasteiger partial charge in [-0.25, -0.2) is 0 Å². The summed E-state index contributed by atoms with van der Waals surface area (Å²) in [6.07, 6.45) is 10.1. The summed E-state index contributed by atoms with van der Waals surface area (Å²) in [7, 11) is 0. The molecule has 1 aliphatic carbocycles. The van der Waals surface area contributed by atoms with Gasteiger partial charge >= 0.3 is 0 Å². The summed E-state index contributed by atoms with van der Waals surface area (Å²) in [5, 5.41) is 0.846. The fourth-order valence-corrected chi connectivity index (χ4v) is 5.39. The van der Waals surface area contributed by atoms with Gasteiger partial charge in [0.1, 0.15) is 0 Å². The van der Waals surface area contributed by atoms with E-state index in [0.717, 1.165) is 29.6 Å². The fraction of sp³-hybridized carbons (Fsp3) is 0.700. The van der Waals surface area contributed by atoms with Crippen molar-refractivity contribution >= 4 is 11.6 Å². The van der Waals surface area contributed by atoms with Crippen LogP contribution in [0.4, 0.5) is 0 Å². The third kappa shape index (κ3) is 3.45. The molecule has 0 bridgehead atoms. The summed E-state index contributed by atoms with van der Waals surface area (Å²) < 4.78 is 0. The Bertz CT molecular complexity index is 509. The van der Waals surface area contributed by atoms with E-state index in [4.69, 9.17) is 11.6 Å². The highest BCUT2D eigenvalue weighted by Crippen LogP contribution is 2.38. The van der Waals surface area contributed by atoms with Gasteiger partial charge in [-0.15, -0.1) is 0 Å². The molecule has 126 valence electrons. The van der Waals surface area contributed by atoms with Gasteiger partial charge in [0.25, 0.3) is 0 Å². The van der Waals surface area contributed by atoms with E-state index in [1.165, 1.54) is 70.1 Å².